The third-order valence-electron chi connectivity index (χ3n) is 3.30. The van der Waals surface area contributed by atoms with Crippen LogP contribution in [0.3, 0.4) is 0 Å². The number of benzene rings is 1. The van der Waals surface area contributed by atoms with E-state index < -0.39 is 0 Å². The van der Waals surface area contributed by atoms with Crippen molar-refractivity contribution in [3.63, 3.8) is 0 Å². The molecule has 0 spiro atoms. The molecule has 1 aliphatic rings. The van der Waals surface area contributed by atoms with E-state index >= 15 is 0 Å². The van der Waals surface area contributed by atoms with E-state index in [9.17, 15) is 0 Å². The molecular weight excluding hydrogens is 325 g/mol. The van der Waals surface area contributed by atoms with E-state index in [1.807, 2.05) is 24.3 Å². The van der Waals surface area contributed by atoms with Gasteiger partial charge in [-0.1, -0.05) is 13.0 Å². The van der Waals surface area contributed by atoms with Crippen molar-refractivity contribution in [3.8, 4) is 11.8 Å². The van der Waals surface area contributed by atoms with Crippen LogP contribution in [0.25, 0.3) is 0 Å². The minimum absolute atomic E-state index is 0.0454. The standard InChI is InChI=1S/C14H16INO/c1-10-5-6-11(9-16)14(7-10)17-13-4-2-3-12(15)8-13/h2-4,8,10-11,14H,5-7H2,1H3. The van der Waals surface area contributed by atoms with Crippen LogP contribution >= 0.6 is 22.6 Å². The summed E-state index contributed by atoms with van der Waals surface area (Å²) in [5, 5.41) is 9.15. The highest BCUT2D eigenvalue weighted by Gasteiger charge is 2.30. The first-order valence-electron chi connectivity index (χ1n) is 6.01. The van der Waals surface area contributed by atoms with E-state index in [0.717, 1.165) is 28.6 Å². The van der Waals surface area contributed by atoms with Crippen molar-refractivity contribution >= 4 is 22.6 Å². The number of halogens is 1. The highest BCUT2D eigenvalue weighted by molar-refractivity contribution is 14.1. The summed E-state index contributed by atoms with van der Waals surface area (Å²) in [6, 6.07) is 10.4. The van der Waals surface area contributed by atoms with Crippen molar-refractivity contribution in [3.05, 3.63) is 27.8 Å². The lowest BCUT2D eigenvalue weighted by Crippen LogP contribution is -2.32. The van der Waals surface area contributed by atoms with Gasteiger partial charge in [0.1, 0.15) is 11.9 Å². The summed E-state index contributed by atoms with van der Waals surface area (Å²) in [6.07, 6.45) is 3.15. The lowest BCUT2D eigenvalue weighted by atomic mass is 9.81. The molecular formula is C14H16INO. The van der Waals surface area contributed by atoms with Crippen molar-refractivity contribution in [2.24, 2.45) is 11.8 Å². The molecule has 2 nitrogen and oxygen atoms in total. The highest BCUT2D eigenvalue weighted by Crippen LogP contribution is 2.31. The molecule has 1 fully saturated rings. The second-order valence-electron chi connectivity index (χ2n) is 4.77. The Morgan fingerprint density at radius 1 is 1.41 bits per heavy atom. The monoisotopic (exact) mass is 341 g/mol. The van der Waals surface area contributed by atoms with Gasteiger partial charge >= 0.3 is 0 Å². The predicted octanol–water partition coefficient (Wildman–Crippen LogP) is 4.00. The van der Waals surface area contributed by atoms with Crippen LogP contribution in [0.15, 0.2) is 24.3 Å². The molecule has 0 heterocycles. The van der Waals surface area contributed by atoms with Gasteiger partial charge < -0.3 is 4.74 Å². The number of nitriles is 1. The fourth-order valence-corrected chi connectivity index (χ4v) is 2.84. The van der Waals surface area contributed by atoms with Crippen molar-refractivity contribution in [2.75, 3.05) is 0 Å². The zero-order valence-electron chi connectivity index (χ0n) is 9.90. The van der Waals surface area contributed by atoms with Crippen LogP contribution in [-0.4, -0.2) is 6.10 Å². The first kappa shape index (κ1) is 12.7. The molecule has 3 heteroatoms. The van der Waals surface area contributed by atoms with Gasteiger partial charge in [0.05, 0.1) is 12.0 Å². The lowest BCUT2D eigenvalue weighted by molar-refractivity contribution is 0.0955. The summed E-state index contributed by atoms with van der Waals surface area (Å²) in [5.74, 6) is 1.59. The largest absolute Gasteiger partial charge is 0.489 e. The molecule has 0 aromatic heterocycles. The molecule has 0 bridgehead atoms. The van der Waals surface area contributed by atoms with Crippen LogP contribution in [0.2, 0.25) is 0 Å². The molecule has 1 aliphatic carbocycles. The third kappa shape index (κ3) is 3.35. The molecule has 0 amide bonds. The van der Waals surface area contributed by atoms with E-state index in [1.54, 1.807) is 0 Å². The van der Waals surface area contributed by atoms with Crippen LogP contribution < -0.4 is 4.74 Å². The van der Waals surface area contributed by atoms with Crippen LogP contribution in [0, 0.1) is 26.7 Å². The maximum Gasteiger partial charge on any atom is 0.120 e. The van der Waals surface area contributed by atoms with E-state index in [4.69, 9.17) is 10.00 Å². The summed E-state index contributed by atoms with van der Waals surface area (Å²) in [6.45, 7) is 2.23. The maximum absolute atomic E-state index is 9.15. The molecule has 90 valence electrons. The van der Waals surface area contributed by atoms with Gasteiger partial charge in [0.25, 0.3) is 0 Å². The molecule has 0 saturated heterocycles. The van der Waals surface area contributed by atoms with Gasteiger partial charge in [-0.05, 0) is 66.0 Å². The van der Waals surface area contributed by atoms with Crippen LogP contribution in [0.1, 0.15) is 26.2 Å². The molecule has 1 aromatic rings. The van der Waals surface area contributed by atoms with Crippen LogP contribution in [0.4, 0.5) is 0 Å². The van der Waals surface area contributed by atoms with Gasteiger partial charge in [0.2, 0.25) is 0 Å². The number of hydrogen-bond acceptors (Lipinski definition) is 2. The second kappa shape index (κ2) is 5.72. The van der Waals surface area contributed by atoms with Gasteiger partial charge in [0.15, 0.2) is 0 Å². The Hall–Kier alpha value is -0.760. The molecule has 0 radical (unpaired) electrons. The van der Waals surface area contributed by atoms with Crippen molar-refractivity contribution in [1.82, 2.24) is 0 Å². The Kier molecular flexibility index (Phi) is 4.27. The normalized spacial score (nSPS) is 28.4. The molecule has 2 rings (SSSR count). The maximum atomic E-state index is 9.15. The van der Waals surface area contributed by atoms with Gasteiger partial charge in [-0.2, -0.15) is 5.26 Å². The fraction of sp³-hybridized carbons (Fsp3) is 0.500. The summed E-state index contributed by atoms with van der Waals surface area (Å²) in [5.41, 5.74) is 0. The van der Waals surface area contributed by atoms with Crippen molar-refractivity contribution in [1.29, 1.82) is 5.26 Å². The van der Waals surface area contributed by atoms with E-state index in [-0.39, 0.29) is 12.0 Å². The molecule has 3 atom stereocenters. The molecule has 1 saturated carbocycles. The minimum atomic E-state index is 0.0454. The number of rotatable bonds is 2. The van der Waals surface area contributed by atoms with Gasteiger partial charge in [-0.25, -0.2) is 0 Å². The molecule has 1 aromatic carbocycles. The first-order valence-corrected chi connectivity index (χ1v) is 7.08. The Balaban J connectivity index is 2.08. The summed E-state index contributed by atoms with van der Waals surface area (Å²) >= 11 is 2.27. The van der Waals surface area contributed by atoms with E-state index in [0.29, 0.717) is 5.92 Å². The average Bonchev–Trinajstić information content (AvgIpc) is 2.29. The summed E-state index contributed by atoms with van der Waals surface area (Å²) < 4.78 is 7.15. The predicted molar refractivity (Wildman–Crippen MR) is 75.7 cm³/mol. The molecule has 17 heavy (non-hydrogen) atoms. The molecule has 3 unspecified atom stereocenters. The topological polar surface area (TPSA) is 33.0 Å². The number of hydrogen-bond donors (Lipinski definition) is 0. The SMILES string of the molecule is CC1CCC(C#N)C(Oc2cccc(I)c2)C1. The zero-order chi connectivity index (χ0) is 12.3. The minimum Gasteiger partial charge on any atom is -0.489 e. The smallest absolute Gasteiger partial charge is 0.120 e. The van der Waals surface area contributed by atoms with Crippen LogP contribution in [-0.2, 0) is 0 Å². The van der Waals surface area contributed by atoms with Gasteiger partial charge in [-0.3, -0.25) is 0 Å². The van der Waals surface area contributed by atoms with Gasteiger partial charge in [-0.15, -0.1) is 0 Å². The Bertz CT molecular complexity index is 426. The average molecular weight is 341 g/mol. The highest BCUT2D eigenvalue weighted by atomic mass is 127. The number of ether oxygens (including phenoxy) is 1. The number of nitrogens with zero attached hydrogens (tertiary/aromatic N) is 1. The Labute approximate surface area is 116 Å². The zero-order valence-corrected chi connectivity index (χ0v) is 12.1. The van der Waals surface area contributed by atoms with Gasteiger partial charge in [0, 0.05) is 3.57 Å². The lowest BCUT2D eigenvalue weighted by Gasteiger charge is -2.31. The Morgan fingerprint density at radius 2 is 2.24 bits per heavy atom. The van der Waals surface area contributed by atoms with E-state index in [1.165, 1.54) is 0 Å². The quantitative estimate of drug-likeness (QED) is 0.762. The second-order valence-corrected chi connectivity index (χ2v) is 6.01. The fourth-order valence-electron chi connectivity index (χ4n) is 2.32. The molecule has 0 aliphatic heterocycles. The summed E-state index contributed by atoms with van der Waals surface area (Å²) in [7, 11) is 0. The first-order chi connectivity index (χ1) is 8.19. The molecule has 0 N–H and O–H groups in total. The van der Waals surface area contributed by atoms with Crippen molar-refractivity contribution < 1.29 is 4.74 Å². The van der Waals surface area contributed by atoms with E-state index in [2.05, 4.69) is 35.6 Å². The summed E-state index contributed by atoms with van der Waals surface area (Å²) in [4.78, 5) is 0. The third-order valence-corrected chi connectivity index (χ3v) is 3.97. The van der Waals surface area contributed by atoms with Crippen molar-refractivity contribution in [2.45, 2.75) is 32.3 Å². The van der Waals surface area contributed by atoms with Crippen LogP contribution in [0.5, 0.6) is 5.75 Å². The Morgan fingerprint density at radius 3 is 2.94 bits per heavy atom.